The van der Waals surface area contributed by atoms with Gasteiger partial charge in [0.15, 0.2) is 9.84 Å². The Labute approximate surface area is 121 Å². The molecule has 1 saturated carbocycles. The number of rotatable bonds is 2. The highest BCUT2D eigenvalue weighted by Gasteiger charge is 2.68. The van der Waals surface area contributed by atoms with Gasteiger partial charge in [0.2, 0.25) is 6.41 Å². The van der Waals surface area contributed by atoms with E-state index in [0.717, 1.165) is 25.7 Å². The summed E-state index contributed by atoms with van der Waals surface area (Å²) in [5.74, 6) is 0.703. The lowest BCUT2D eigenvalue weighted by atomic mass is 9.72. The van der Waals surface area contributed by atoms with Crippen LogP contribution in [0.2, 0.25) is 0 Å². The van der Waals surface area contributed by atoms with Gasteiger partial charge in [0, 0.05) is 5.54 Å². The monoisotopic (exact) mass is 299 g/mol. The van der Waals surface area contributed by atoms with Crippen molar-refractivity contribution in [3.05, 3.63) is 0 Å². The molecule has 0 aromatic carbocycles. The zero-order valence-corrected chi connectivity index (χ0v) is 13.6. The minimum absolute atomic E-state index is 0.0637. The molecular weight excluding hydrogens is 274 g/mol. The quantitative estimate of drug-likeness (QED) is 0.731. The van der Waals surface area contributed by atoms with E-state index < -0.39 is 9.84 Å². The maximum absolute atomic E-state index is 12.8. The molecule has 0 aromatic rings. The van der Waals surface area contributed by atoms with Crippen LogP contribution in [-0.2, 0) is 14.6 Å². The average Bonchev–Trinajstić information content (AvgIpc) is 2.87. The highest BCUT2D eigenvalue weighted by atomic mass is 32.2. The third-order valence-corrected chi connectivity index (χ3v) is 8.76. The van der Waals surface area contributed by atoms with Crippen molar-refractivity contribution >= 4 is 16.2 Å². The Balaban J connectivity index is 2.05. The second-order valence-electron chi connectivity index (χ2n) is 7.81. The van der Waals surface area contributed by atoms with Crippen molar-refractivity contribution in [3.63, 3.8) is 0 Å². The molecule has 0 spiro atoms. The molecule has 0 aromatic heterocycles. The van der Waals surface area contributed by atoms with E-state index in [0.29, 0.717) is 5.92 Å². The number of hydrogen-bond acceptors (Lipinski definition) is 3. The Hall–Kier alpha value is -0.580. The van der Waals surface area contributed by atoms with E-state index in [1.807, 2.05) is 27.7 Å². The number of hydrogen-bond donors (Lipinski definition) is 0. The molecule has 2 heterocycles. The Kier molecular flexibility index (Phi) is 3.03. The second-order valence-corrected chi connectivity index (χ2v) is 10.1. The van der Waals surface area contributed by atoms with Gasteiger partial charge in [0.25, 0.3) is 0 Å². The normalized spacial score (nSPS) is 45.4. The summed E-state index contributed by atoms with van der Waals surface area (Å²) in [4.78, 5) is 13.4. The van der Waals surface area contributed by atoms with Gasteiger partial charge >= 0.3 is 0 Å². The summed E-state index contributed by atoms with van der Waals surface area (Å²) in [5, 5.41) is -0.533. The lowest BCUT2D eigenvalue weighted by Gasteiger charge is -2.45. The first kappa shape index (κ1) is 14.4. The zero-order chi connectivity index (χ0) is 14.9. The highest BCUT2D eigenvalue weighted by molar-refractivity contribution is 7.93. The van der Waals surface area contributed by atoms with E-state index in [9.17, 15) is 13.2 Å². The smallest absolute Gasteiger partial charge is 0.210 e. The molecule has 6 atom stereocenters. The highest BCUT2D eigenvalue weighted by Crippen LogP contribution is 2.58. The van der Waals surface area contributed by atoms with E-state index in [1.165, 1.54) is 0 Å². The largest absolute Gasteiger partial charge is 0.336 e. The van der Waals surface area contributed by atoms with Crippen LogP contribution in [0, 0.1) is 17.8 Å². The average molecular weight is 299 g/mol. The van der Waals surface area contributed by atoms with Crippen LogP contribution in [0.25, 0.3) is 0 Å². The number of sulfone groups is 1. The van der Waals surface area contributed by atoms with Crippen molar-refractivity contribution < 1.29 is 13.2 Å². The summed E-state index contributed by atoms with van der Waals surface area (Å²) in [5.41, 5.74) is -0.325. The van der Waals surface area contributed by atoms with E-state index >= 15 is 0 Å². The maximum atomic E-state index is 12.8. The Morgan fingerprint density at radius 1 is 1.10 bits per heavy atom. The van der Waals surface area contributed by atoms with Gasteiger partial charge in [-0.2, -0.15) is 0 Å². The minimum Gasteiger partial charge on any atom is -0.336 e. The summed E-state index contributed by atoms with van der Waals surface area (Å²) >= 11 is 0. The number of amides is 1. The lowest BCUT2D eigenvalue weighted by molar-refractivity contribution is -0.127. The van der Waals surface area contributed by atoms with Crippen LogP contribution in [0.5, 0.6) is 0 Å². The van der Waals surface area contributed by atoms with Crippen LogP contribution >= 0.6 is 0 Å². The second kappa shape index (κ2) is 4.21. The molecule has 4 nitrogen and oxygen atoms in total. The molecule has 5 heteroatoms. The van der Waals surface area contributed by atoms with Gasteiger partial charge in [-0.1, -0.05) is 13.3 Å². The molecule has 1 aliphatic carbocycles. The SMILES string of the molecule is CC1C(N(C=O)C(C)(C)C)C2C3CCCC3C1S2(=O)=O. The van der Waals surface area contributed by atoms with Crippen molar-refractivity contribution in [3.8, 4) is 0 Å². The minimum atomic E-state index is -3.07. The number of fused-ring (bicyclic) bond motifs is 5. The predicted octanol–water partition coefficient (Wildman–Crippen LogP) is 1.84. The van der Waals surface area contributed by atoms with Crippen molar-refractivity contribution in [2.24, 2.45) is 17.8 Å². The van der Waals surface area contributed by atoms with Gasteiger partial charge < -0.3 is 4.90 Å². The summed E-state index contributed by atoms with van der Waals surface area (Å²) in [6, 6.07) is -0.137. The Morgan fingerprint density at radius 3 is 2.15 bits per heavy atom. The third kappa shape index (κ3) is 1.65. The van der Waals surface area contributed by atoms with Gasteiger partial charge in [-0.3, -0.25) is 4.79 Å². The standard InChI is InChI=1S/C15H25NO3S/c1-9-12(16(8-17)15(2,3)4)14-11-7-5-6-10(11)13(9)20(14,18)19/h8-14H,5-7H2,1-4H3. The van der Waals surface area contributed by atoms with E-state index in [4.69, 9.17) is 0 Å². The first-order valence-electron chi connectivity index (χ1n) is 7.67. The van der Waals surface area contributed by atoms with Gasteiger partial charge in [-0.05, 0) is 51.4 Å². The maximum Gasteiger partial charge on any atom is 0.210 e. The van der Waals surface area contributed by atoms with Crippen molar-refractivity contribution in [2.75, 3.05) is 0 Å². The van der Waals surface area contributed by atoms with Crippen LogP contribution < -0.4 is 0 Å². The molecule has 3 fully saturated rings. The zero-order valence-electron chi connectivity index (χ0n) is 12.7. The fourth-order valence-electron chi connectivity index (χ4n) is 5.22. The molecule has 2 aliphatic heterocycles. The van der Waals surface area contributed by atoms with Crippen LogP contribution in [-0.4, -0.2) is 41.8 Å². The molecule has 0 radical (unpaired) electrons. The van der Waals surface area contributed by atoms with Crippen LogP contribution in [0.4, 0.5) is 0 Å². The molecule has 3 rings (SSSR count). The summed E-state index contributed by atoms with van der Waals surface area (Å²) in [7, 11) is -3.07. The first-order chi connectivity index (χ1) is 9.21. The fourth-order valence-corrected chi connectivity index (χ4v) is 8.76. The predicted molar refractivity (Wildman–Crippen MR) is 77.9 cm³/mol. The van der Waals surface area contributed by atoms with Crippen molar-refractivity contribution in [1.82, 2.24) is 4.90 Å². The van der Waals surface area contributed by atoms with Gasteiger partial charge in [-0.15, -0.1) is 0 Å². The molecule has 2 saturated heterocycles. The molecule has 0 N–H and O–H groups in total. The summed E-state index contributed by atoms with van der Waals surface area (Å²) in [6.07, 6.45) is 4.08. The summed E-state index contributed by atoms with van der Waals surface area (Å²) in [6.45, 7) is 7.99. The topological polar surface area (TPSA) is 54.5 Å². The fraction of sp³-hybridized carbons (Fsp3) is 0.933. The van der Waals surface area contributed by atoms with Crippen LogP contribution in [0.1, 0.15) is 47.0 Å². The molecule has 2 bridgehead atoms. The summed E-state index contributed by atoms with van der Waals surface area (Å²) < 4.78 is 25.6. The Bertz CT molecular complexity index is 522. The van der Waals surface area contributed by atoms with Crippen LogP contribution in [0.15, 0.2) is 0 Å². The van der Waals surface area contributed by atoms with Gasteiger partial charge in [0.05, 0.1) is 16.5 Å². The first-order valence-corrected chi connectivity index (χ1v) is 9.28. The molecule has 114 valence electrons. The van der Waals surface area contributed by atoms with Gasteiger partial charge in [-0.25, -0.2) is 8.42 Å². The molecule has 1 amide bonds. The Morgan fingerprint density at radius 2 is 1.65 bits per heavy atom. The van der Waals surface area contributed by atoms with Crippen molar-refractivity contribution in [1.29, 1.82) is 0 Å². The lowest BCUT2D eigenvalue weighted by Crippen LogP contribution is -2.56. The molecule has 6 unspecified atom stereocenters. The van der Waals surface area contributed by atoms with E-state index in [2.05, 4.69) is 0 Å². The number of carbonyl (C=O) groups is 1. The molecule has 3 aliphatic rings. The number of carbonyl (C=O) groups excluding carboxylic acids is 1. The molecule has 20 heavy (non-hydrogen) atoms. The van der Waals surface area contributed by atoms with E-state index in [1.54, 1.807) is 4.90 Å². The van der Waals surface area contributed by atoms with Crippen LogP contribution in [0.3, 0.4) is 0 Å². The van der Waals surface area contributed by atoms with Gasteiger partial charge in [0.1, 0.15) is 0 Å². The van der Waals surface area contributed by atoms with Crippen molar-refractivity contribution in [2.45, 2.75) is 69.0 Å². The third-order valence-electron chi connectivity index (χ3n) is 5.83. The molecular formula is C15H25NO3S. The number of nitrogens with zero attached hydrogens (tertiary/aromatic N) is 1. The van der Waals surface area contributed by atoms with E-state index in [-0.39, 0.29) is 33.9 Å².